The van der Waals surface area contributed by atoms with E-state index in [4.69, 9.17) is 15.2 Å². The lowest BCUT2D eigenvalue weighted by atomic mass is 10.1. The zero-order valence-corrected chi connectivity index (χ0v) is 16.0. The number of nitrogens with two attached hydrogens (primary N) is 1. The molecule has 0 aromatic heterocycles. The van der Waals surface area contributed by atoms with Crippen molar-refractivity contribution < 1.29 is 33.4 Å². The van der Waals surface area contributed by atoms with Gasteiger partial charge in [0.05, 0.1) is 18.8 Å². The van der Waals surface area contributed by atoms with E-state index < -0.39 is 45.7 Å². The van der Waals surface area contributed by atoms with Crippen LogP contribution in [0.3, 0.4) is 0 Å². The van der Waals surface area contributed by atoms with Crippen molar-refractivity contribution in [1.29, 1.82) is 0 Å². The van der Waals surface area contributed by atoms with E-state index in [1.165, 1.54) is 0 Å². The van der Waals surface area contributed by atoms with E-state index in [2.05, 4.69) is 0 Å². The molecule has 1 heterocycles. The third-order valence-electron chi connectivity index (χ3n) is 3.93. The highest BCUT2D eigenvalue weighted by molar-refractivity contribution is 5.89. The minimum Gasteiger partial charge on any atom is -0.477 e. The lowest BCUT2D eigenvalue weighted by molar-refractivity contribution is -0.788. The van der Waals surface area contributed by atoms with Crippen LogP contribution in [-0.4, -0.2) is 64.0 Å². The van der Waals surface area contributed by atoms with Gasteiger partial charge in [0.15, 0.2) is 0 Å². The van der Waals surface area contributed by atoms with Crippen LogP contribution in [0.4, 0.5) is 4.79 Å². The molecule has 1 aliphatic heterocycles. The van der Waals surface area contributed by atoms with Crippen LogP contribution in [0.15, 0.2) is 0 Å². The van der Waals surface area contributed by atoms with Gasteiger partial charge in [-0.05, 0) is 41.5 Å². The summed E-state index contributed by atoms with van der Waals surface area (Å²) in [6.45, 7) is 10.4. The van der Waals surface area contributed by atoms with Gasteiger partial charge in [-0.15, -0.1) is 4.48 Å². The molecule has 1 aliphatic rings. The maximum absolute atomic E-state index is 13.0. The van der Waals surface area contributed by atoms with Gasteiger partial charge in [-0.3, -0.25) is 0 Å². The first-order chi connectivity index (χ1) is 11.2. The van der Waals surface area contributed by atoms with Crippen LogP contribution < -0.4 is 5.73 Å². The molecule has 2 amide bonds. The number of hydrogen-bond acceptors (Lipinski definition) is 6. The number of quaternary nitrogens is 1. The molecule has 8 heteroatoms. The number of ether oxygens (including phenoxy) is 2. The number of imide groups is 1. The highest BCUT2D eigenvalue weighted by atomic mass is 16.6. The first kappa shape index (κ1) is 21.5. The third-order valence-corrected chi connectivity index (χ3v) is 3.93. The summed E-state index contributed by atoms with van der Waals surface area (Å²) < 4.78 is 10.00. The smallest absolute Gasteiger partial charge is 0.477 e. The zero-order chi connectivity index (χ0) is 19.6. The van der Waals surface area contributed by atoms with E-state index in [1.807, 2.05) is 20.8 Å². The largest absolute Gasteiger partial charge is 0.524 e. The van der Waals surface area contributed by atoms with Gasteiger partial charge in [0, 0.05) is 12.8 Å². The Hall–Kier alpha value is -1.51. The second-order valence-electron chi connectivity index (χ2n) is 8.44. The minimum atomic E-state index is -1.21. The van der Waals surface area contributed by atoms with E-state index in [-0.39, 0.29) is 19.6 Å². The SMILES string of the molecule is CC(C)(C)OC[C@H](N)C(=O)[N+]1(C(=O)OC(C)(C)C)CCC[C@H]1C(=O)O. The van der Waals surface area contributed by atoms with Crippen molar-refractivity contribution in [2.24, 2.45) is 5.73 Å². The van der Waals surface area contributed by atoms with Crippen LogP contribution in [0.1, 0.15) is 54.4 Å². The summed E-state index contributed by atoms with van der Waals surface area (Å²) in [6.07, 6.45) is -0.226. The Labute approximate surface area is 148 Å². The fraction of sp³-hybridized carbons (Fsp3) is 0.824. The summed E-state index contributed by atoms with van der Waals surface area (Å²) in [5.74, 6) is -1.89. The van der Waals surface area contributed by atoms with E-state index in [0.717, 1.165) is 0 Å². The molecular formula is C17H31N2O6+. The number of carboxylic acid groups (broad SMARTS) is 1. The lowest BCUT2D eigenvalue weighted by Crippen LogP contribution is -2.67. The second-order valence-corrected chi connectivity index (χ2v) is 8.44. The monoisotopic (exact) mass is 359 g/mol. The molecule has 3 N–H and O–H groups in total. The van der Waals surface area contributed by atoms with Crippen molar-refractivity contribution in [2.45, 2.75) is 77.7 Å². The van der Waals surface area contributed by atoms with Crippen LogP contribution in [0, 0.1) is 0 Å². The Kier molecular flexibility index (Phi) is 6.36. The number of nitrogens with zero attached hydrogens (tertiary/aromatic N) is 1. The summed E-state index contributed by atoms with van der Waals surface area (Å²) in [5, 5.41) is 9.54. The summed E-state index contributed by atoms with van der Waals surface area (Å²) in [5.41, 5.74) is 4.61. The van der Waals surface area contributed by atoms with Gasteiger partial charge in [-0.25, -0.2) is 9.59 Å². The molecule has 0 spiro atoms. The number of carboxylic acids is 1. The van der Waals surface area contributed by atoms with Gasteiger partial charge in [-0.1, -0.05) is 0 Å². The Morgan fingerprint density at radius 2 is 1.72 bits per heavy atom. The molecule has 0 radical (unpaired) electrons. The molecule has 1 unspecified atom stereocenters. The Morgan fingerprint density at radius 1 is 1.16 bits per heavy atom. The van der Waals surface area contributed by atoms with E-state index >= 15 is 0 Å². The number of likely N-dealkylation sites (tertiary alicyclic amines) is 1. The lowest BCUT2D eigenvalue weighted by Gasteiger charge is -2.35. The van der Waals surface area contributed by atoms with Crippen LogP contribution in [0.5, 0.6) is 0 Å². The Bertz CT molecular complexity index is 534. The van der Waals surface area contributed by atoms with Gasteiger partial charge < -0.3 is 20.3 Å². The molecule has 25 heavy (non-hydrogen) atoms. The number of carbonyl (C=O) groups excluding carboxylic acids is 2. The van der Waals surface area contributed by atoms with Crippen molar-refractivity contribution in [3.05, 3.63) is 0 Å². The van der Waals surface area contributed by atoms with Crippen molar-refractivity contribution in [3.8, 4) is 0 Å². The number of carbonyl (C=O) groups is 3. The maximum Gasteiger partial charge on any atom is 0.524 e. The van der Waals surface area contributed by atoms with Crippen LogP contribution in [-0.2, 0) is 19.1 Å². The van der Waals surface area contributed by atoms with Gasteiger partial charge in [-0.2, -0.15) is 4.79 Å². The van der Waals surface area contributed by atoms with Crippen LogP contribution >= 0.6 is 0 Å². The number of amides is 2. The normalized spacial score (nSPS) is 25.5. The number of rotatable bonds is 4. The van der Waals surface area contributed by atoms with Gasteiger partial charge >= 0.3 is 18.0 Å². The van der Waals surface area contributed by atoms with E-state index in [0.29, 0.717) is 6.42 Å². The molecule has 0 bridgehead atoms. The van der Waals surface area contributed by atoms with Crippen molar-refractivity contribution in [3.63, 3.8) is 0 Å². The van der Waals surface area contributed by atoms with Crippen molar-refractivity contribution in [1.82, 2.24) is 0 Å². The molecule has 1 saturated heterocycles. The topological polar surface area (TPSA) is 116 Å². The molecule has 3 atom stereocenters. The Morgan fingerprint density at radius 3 is 2.16 bits per heavy atom. The molecule has 8 nitrogen and oxygen atoms in total. The number of aliphatic carboxylic acids is 1. The van der Waals surface area contributed by atoms with Gasteiger partial charge in [0.25, 0.3) is 0 Å². The predicted octanol–water partition coefficient (Wildman–Crippen LogP) is 1.65. The van der Waals surface area contributed by atoms with Gasteiger partial charge in [0.1, 0.15) is 11.6 Å². The first-order valence-electron chi connectivity index (χ1n) is 8.49. The molecule has 144 valence electrons. The average Bonchev–Trinajstić information content (AvgIpc) is 2.87. The third kappa shape index (κ3) is 5.23. The van der Waals surface area contributed by atoms with Crippen molar-refractivity contribution >= 4 is 18.0 Å². The summed E-state index contributed by atoms with van der Waals surface area (Å²) in [7, 11) is 0. The standard InChI is InChI=1S/C17H30N2O6/c1-16(2,3)24-10-11(18)13(20)19(15(23)25-17(4,5)6)9-7-8-12(19)14(21)22/h11-12H,7-10,18H2,1-6H3/p+1/t11-,12-,19?/m0/s1. The summed E-state index contributed by atoms with van der Waals surface area (Å²) >= 11 is 0. The molecule has 0 aliphatic carbocycles. The fourth-order valence-corrected chi connectivity index (χ4v) is 2.84. The van der Waals surface area contributed by atoms with Crippen molar-refractivity contribution in [2.75, 3.05) is 13.2 Å². The molecular weight excluding hydrogens is 328 g/mol. The minimum absolute atomic E-state index is 0.0634. The highest BCUT2D eigenvalue weighted by Crippen LogP contribution is 2.32. The molecule has 1 rings (SSSR count). The average molecular weight is 359 g/mol. The second kappa shape index (κ2) is 7.39. The van der Waals surface area contributed by atoms with Gasteiger partial charge in [0.2, 0.25) is 6.04 Å². The quantitative estimate of drug-likeness (QED) is 0.733. The van der Waals surface area contributed by atoms with Crippen LogP contribution in [0.25, 0.3) is 0 Å². The van der Waals surface area contributed by atoms with E-state index in [1.54, 1.807) is 20.8 Å². The molecule has 1 fully saturated rings. The maximum atomic E-state index is 13.0. The predicted molar refractivity (Wildman–Crippen MR) is 90.7 cm³/mol. The molecule has 0 aromatic rings. The molecule has 0 saturated carbocycles. The first-order valence-corrected chi connectivity index (χ1v) is 8.49. The van der Waals surface area contributed by atoms with E-state index in [9.17, 15) is 19.5 Å². The van der Waals surface area contributed by atoms with Crippen LogP contribution in [0.2, 0.25) is 0 Å². The highest BCUT2D eigenvalue weighted by Gasteiger charge is 2.61. The summed E-state index contributed by atoms with van der Waals surface area (Å²) in [4.78, 5) is 37.5. The zero-order valence-electron chi connectivity index (χ0n) is 16.0. The summed E-state index contributed by atoms with van der Waals surface area (Å²) in [6, 6.07) is -2.31. The molecule has 0 aromatic carbocycles. The fourth-order valence-electron chi connectivity index (χ4n) is 2.84. The number of hydrogen-bond donors (Lipinski definition) is 2. The Balaban J connectivity index is 3.16.